The summed E-state index contributed by atoms with van der Waals surface area (Å²) < 4.78 is 10.5. The zero-order valence-corrected chi connectivity index (χ0v) is 14.4. The first-order chi connectivity index (χ1) is 12.2. The van der Waals surface area contributed by atoms with Gasteiger partial charge in [-0.25, -0.2) is 4.98 Å². The van der Waals surface area contributed by atoms with Crippen molar-refractivity contribution in [3.63, 3.8) is 0 Å². The summed E-state index contributed by atoms with van der Waals surface area (Å²) >= 11 is 0. The Morgan fingerprint density at radius 3 is 2.80 bits per heavy atom. The number of carbonyl (C=O) groups excluding carboxylic acids is 1. The van der Waals surface area contributed by atoms with Crippen LogP contribution < -0.4 is 15.0 Å². The van der Waals surface area contributed by atoms with Gasteiger partial charge in [-0.05, 0) is 29.3 Å². The van der Waals surface area contributed by atoms with Gasteiger partial charge in [-0.2, -0.15) is 0 Å². The van der Waals surface area contributed by atoms with Gasteiger partial charge in [0.15, 0.2) is 0 Å². The lowest BCUT2D eigenvalue weighted by atomic mass is 10.1. The number of anilines is 1. The third kappa shape index (κ3) is 4.93. The third-order valence-electron chi connectivity index (χ3n) is 4.13. The van der Waals surface area contributed by atoms with Crippen molar-refractivity contribution in [2.75, 3.05) is 38.3 Å². The van der Waals surface area contributed by atoms with Crippen LogP contribution in [0.25, 0.3) is 0 Å². The number of morpholine rings is 1. The molecule has 0 atom stereocenters. The lowest BCUT2D eigenvalue weighted by Gasteiger charge is -2.27. The Morgan fingerprint density at radius 1 is 1.24 bits per heavy atom. The van der Waals surface area contributed by atoms with E-state index < -0.39 is 0 Å². The fourth-order valence-electron chi connectivity index (χ4n) is 2.73. The molecule has 2 heterocycles. The van der Waals surface area contributed by atoms with Crippen LogP contribution in [0.2, 0.25) is 0 Å². The first kappa shape index (κ1) is 17.2. The Labute approximate surface area is 147 Å². The number of benzene rings is 1. The summed E-state index contributed by atoms with van der Waals surface area (Å²) in [5, 5.41) is 2.93. The summed E-state index contributed by atoms with van der Waals surface area (Å²) in [7, 11) is 1.62. The highest BCUT2D eigenvalue weighted by Gasteiger charge is 2.12. The van der Waals surface area contributed by atoms with E-state index in [2.05, 4.69) is 15.2 Å². The molecule has 2 aromatic rings. The third-order valence-corrected chi connectivity index (χ3v) is 4.13. The van der Waals surface area contributed by atoms with Gasteiger partial charge in [0.2, 0.25) is 5.91 Å². The van der Waals surface area contributed by atoms with Crippen LogP contribution in [0.4, 0.5) is 5.82 Å². The number of nitrogens with one attached hydrogen (secondary N) is 1. The lowest BCUT2D eigenvalue weighted by molar-refractivity contribution is -0.120. The minimum atomic E-state index is -0.0227. The van der Waals surface area contributed by atoms with Crippen molar-refractivity contribution in [3.05, 3.63) is 53.7 Å². The van der Waals surface area contributed by atoms with Crippen molar-refractivity contribution in [1.82, 2.24) is 10.3 Å². The molecule has 1 fully saturated rings. The number of hydrogen-bond donors (Lipinski definition) is 1. The first-order valence-corrected chi connectivity index (χ1v) is 8.42. The van der Waals surface area contributed by atoms with Gasteiger partial charge >= 0.3 is 0 Å². The predicted molar refractivity (Wildman–Crippen MR) is 95.8 cm³/mol. The fourth-order valence-corrected chi connectivity index (χ4v) is 2.73. The second-order valence-electron chi connectivity index (χ2n) is 5.93. The van der Waals surface area contributed by atoms with Crippen LogP contribution in [0.1, 0.15) is 11.1 Å². The Kier molecular flexibility index (Phi) is 5.85. The van der Waals surface area contributed by atoms with Gasteiger partial charge in [-0.3, -0.25) is 4.79 Å². The molecule has 0 bridgehead atoms. The van der Waals surface area contributed by atoms with Crippen molar-refractivity contribution in [3.8, 4) is 5.75 Å². The van der Waals surface area contributed by atoms with E-state index in [1.54, 1.807) is 7.11 Å². The molecular formula is C19H23N3O3. The molecule has 0 aliphatic carbocycles. The molecule has 1 aliphatic heterocycles. The summed E-state index contributed by atoms with van der Waals surface area (Å²) in [6.07, 6.45) is 2.15. The highest BCUT2D eigenvalue weighted by Crippen LogP contribution is 2.14. The molecule has 1 amide bonds. The van der Waals surface area contributed by atoms with E-state index in [1.165, 1.54) is 0 Å². The number of aromatic nitrogens is 1. The zero-order chi connectivity index (χ0) is 17.5. The van der Waals surface area contributed by atoms with Crippen LogP contribution in [-0.4, -0.2) is 44.3 Å². The van der Waals surface area contributed by atoms with E-state index in [-0.39, 0.29) is 5.91 Å². The molecule has 6 heteroatoms. The number of ether oxygens (including phenoxy) is 2. The number of pyridine rings is 1. The SMILES string of the molecule is COc1cccc(CC(=O)NCc2ccc(N3CCOCC3)nc2)c1. The summed E-state index contributed by atoms with van der Waals surface area (Å²) in [6, 6.07) is 11.5. The zero-order valence-electron chi connectivity index (χ0n) is 14.4. The highest BCUT2D eigenvalue weighted by molar-refractivity contribution is 5.78. The highest BCUT2D eigenvalue weighted by atomic mass is 16.5. The number of hydrogen-bond acceptors (Lipinski definition) is 5. The van der Waals surface area contributed by atoms with E-state index >= 15 is 0 Å². The van der Waals surface area contributed by atoms with Gasteiger partial charge in [0, 0.05) is 25.8 Å². The molecule has 25 heavy (non-hydrogen) atoms. The van der Waals surface area contributed by atoms with Crippen molar-refractivity contribution in [2.45, 2.75) is 13.0 Å². The predicted octanol–water partition coefficient (Wildman–Crippen LogP) is 1.79. The molecule has 1 aliphatic rings. The molecule has 132 valence electrons. The second kappa shape index (κ2) is 8.48. The van der Waals surface area contributed by atoms with Crippen LogP contribution in [-0.2, 0) is 22.5 Å². The van der Waals surface area contributed by atoms with E-state index in [1.807, 2.05) is 42.6 Å². The minimum absolute atomic E-state index is 0.0227. The Morgan fingerprint density at radius 2 is 2.08 bits per heavy atom. The molecule has 0 radical (unpaired) electrons. The molecular weight excluding hydrogens is 318 g/mol. The Bertz CT molecular complexity index is 697. The number of rotatable bonds is 6. The number of amides is 1. The van der Waals surface area contributed by atoms with E-state index in [0.29, 0.717) is 13.0 Å². The second-order valence-corrected chi connectivity index (χ2v) is 5.93. The molecule has 1 aromatic carbocycles. The average Bonchev–Trinajstić information content (AvgIpc) is 2.67. The molecule has 1 saturated heterocycles. The van der Waals surface area contributed by atoms with Gasteiger partial charge in [0.25, 0.3) is 0 Å². The Hall–Kier alpha value is -2.60. The maximum atomic E-state index is 12.1. The van der Waals surface area contributed by atoms with Crippen molar-refractivity contribution >= 4 is 11.7 Å². The molecule has 0 unspecified atom stereocenters. The van der Waals surface area contributed by atoms with Crippen LogP contribution in [0.3, 0.4) is 0 Å². The average molecular weight is 341 g/mol. The van der Waals surface area contributed by atoms with Crippen LogP contribution in [0.5, 0.6) is 5.75 Å². The number of nitrogens with zero attached hydrogens (tertiary/aromatic N) is 2. The molecule has 0 spiro atoms. The molecule has 1 N–H and O–H groups in total. The monoisotopic (exact) mass is 341 g/mol. The largest absolute Gasteiger partial charge is 0.497 e. The summed E-state index contributed by atoms with van der Waals surface area (Å²) in [5.74, 6) is 1.69. The van der Waals surface area contributed by atoms with Crippen molar-refractivity contribution in [1.29, 1.82) is 0 Å². The van der Waals surface area contributed by atoms with Gasteiger partial charge in [0.1, 0.15) is 11.6 Å². The summed E-state index contributed by atoms with van der Waals surface area (Å²) in [5.41, 5.74) is 1.91. The maximum absolute atomic E-state index is 12.1. The topological polar surface area (TPSA) is 63.7 Å². The van der Waals surface area contributed by atoms with Gasteiger partial charge in [0.05, 0.1) is 26.7 Å². The molecule has 0 saturated carbocycles. The molecule has 3 rings (SSSR count). The summed E-state index contributed by atoms with van der Waals surface area (Å²) in [6.45, 7) is 3.68. The summed E-state index contributed by atoms with van der Waals surface area (Å²) in [4.78, 5) is 18.8. The first-order valence-electron chi connectivity index (χ1n) is 8.42. The number of carbonyl (C=O) groups is 1. The molecule has 1 aromatic heterocycles. The number of methoxy groups -OCH3 is 1. The minimum Gasteiger partial charge on any atom is -0.497 e. The standard InChI is InChI=1S/C19H23N3O3/c1-24-17-4-2-3-15(11-17)12-19(23)21-14-16-5-6-18(20-13-16)22-7-9-25-10-8-22/h2-6,11,13H,7-10,12,14H2,1H3,(H,21,23). The van der Waals surface area contributed by atoms with Crippen LogP contribution in [0, 0.1) is 0 Å². The van der Waals surface area contributed by atoms with Gasteiger partial charge < -0.3 is 19.7 Å². The van der Waals surface area contributed by atoms with Crippen LogP contribution in [0.15, 0.2) is 42.6 Å². The maximum Gasteiger partial charge on any atom is 0.224 e. The quantitative estimate of drug-likeness (QED) is 0.868. The molecule has 6 nitrogen and oxygen atoms in total. The van der Waals surface area contributed by atoms with Crippen LogP contribution >= 0.6 is 0 Å². The Balaban J connectivity index is 1.49. The van der Waals surface area contributed by atoms with Gasteiger partial charge in [-0.15, -0.1) is 0 Å². The van der Waals surface area contributed by atoms with Crippen molar-refractivity contribution in [2.24, 2.45) is 0 Å². The van der Waals surface area contributed by atoms with Crippen molar-refractivity contribution < 1.29 is 14.3 Å². The van der Waals surface area contributed by atoms with E-state index in [9.17, 15) is 4.79 Å². The smallest absolute Gasteiger partial charge is 0.224 e. The normalized spacial score (nSPS) is 14.2. The lowest BCUT2D eigenvalue weighted by Crippen LogP contribution is -2.36. The van der Waals surface area contributed by atoms with E-state index in [4.69, 9.17) is 9.47 Å². The fraction of sp³-hybridized carbons (Fsp3) is 0.368. The van der Waals surface area contributed by atoms with Gasteiger partial charge in [-0.1, -0.05) is 18.2 Å². The van der Waals surface area contributed by atoms with E-state index in [0.717, 1.165) is 49.0 Å².